The second-order valence-electron chi connectivity index (χ2n) is 5.94. The first-order chi connectivity index (χ1) is 13.6. The van der Waals surface area contributed by atoms with E-state index in [2.05, 4.69) is 20.0 Å². The van der Waals surface area contributed by atoms with Gasteiger partial charge in [0, 0.05) is 22.3 Å². The van der Waals surface area contributed by atoms with Crippen molar-refractivity contribution >= 4 is 15.7 Å². The molecule has 0 N–H and O–H groups in total. The molecule has 2 aromatic carbocycles. The standard InChI is InChI=1S/C18H12F3N5O2S/c1-29(27,28)13-9-7-12(8-10-13)15-14(11-5-3-2-4-6-11)16(25-26-22)24-17(23-15)18(19,20)21/h2-10H,1H3. The van der Waals surface area contributed by atoms with E-state index >= 15 is 0 Å². The maximum Gasteiger partial charge on any atom is 0.451 e. The maximum absolute atomic E-state index is 13.3. The van der Waals surface area contributed by atoms with Gasteiger partial charge in [-0.25, -0.2) is 18.4 Å². The van der Waals surface area contributed by atoms with E-state index in [-0.39, 0.29) is 21.7 Å². The predicted molar refractivity (Wildman–Crippen MR) is 99.8 cm³/mol. The second-order valence-corrected chi connectivity index (χ2v) is 7.96. The molecule has 0 aliphatic rings. The van der Waals surface area contributed by atoms with Crippen molar-refractivity contribution in [3.8, 4) is 22.4 Å². The molecule has 11 heteroatoms. The molecular formula is C18H12F3N5O2S. The highest BCUT2D eigenvalue weighted by Crippen LogP contribution is 2.40. The number of rotatable bonds is 4. The van der Waals surface area contributed by atoms with Crippen molar-refractivity contribution in [3.63, 3.8) is 0 Å². The van der Waals surface area contributed by atoms with E-state index in [9.17, 15) is 21.6 Å². The molecule has 0 saturated carbocycles. The van der Waals surface area contributed by atoms with Gasteiger partial charge in [-0.1, -0.05) is 42.5 Å². The highest BCUT2D eigenvalue weighted by molar-refractivity contribution is 7.90. The van der Waals surface area contributed by atoms with Crippen LogP contribution in [0.4, 0.5) is 19.0 Å². The van der Waals surface area contributed by atoms with E-state index in [0.29, 0.717) is 5.56 Å². The molecule has 7 nitrogen and oxygen atoms in total. The summed E-state index contributed by atoms with van der Waals surface area (Å²) in [7, 11) is -3.49. The van der Waals surface area contributed by atoms with Gasteiger partial charge in [0.25, 0.3) is 0 Å². The Morgan fingerprint density at radius 2 is 1.59 bits per heavy atom. The first-order valence-electron chi connectivity index (χ1n) is 8.01. The minimum atomic E-state index is -4.88. The number of hydrogen-bond acceptors (Lipinski definition) is 5. The Morgan fingerprint density at radius 3 is 2.10 bits per heavy atom. The third-order valence-electron chi connectivity index (χ3n) is 3.90. The fraction of sp³-hybridized carbons (Fsp3) is 0.111. The molecule has 0 unspecified atom stereocenters. The quantitative estimate of drug-likeness (QED) is 0.330. The third-order valence-corrected chi connectivity index (χ3v) is 5.03. The summed E-state index contributed by atoms with van der Waals surface area (Å²) in [6, 6.07) is 13.4. The highest BCUT2D eigenvalue weighted by atomic mass is 32.2. The summed E-state index contributed by atoms with van der Waals surface area (Å²) >= 11 is 0. The van der Waals surface area contributed by atoms with Gasteiger partial charge in [0.15, 0.2) is 9.84 Å². The largest absolute Gasteiger partial charge is 0.451 e. The molecule has 148 valence electrons. The van der Waals surface area contributed by atoms with E-state index in [1.54, 1.807) is 30.3 Å². The third kappa shape index (κ3) is 4.36. The lowest BCUT2D eigenvalue weighted by atomic mass is 9.99. The molecule has 0 spiro atoms. The van der Waals surface area contributed by atoms with Crippen LogP contribution in [0.2, 0.25) is 0 Å². The summed E-state index contributed by atoms with van der Waals surface area (Å²) in [5.41, 5.74) is 9.43. The first kappa shape index (κ1) is 20.3. The zero-order valence-corrected chi connectivity index (χ0v) is 15.6. The molecule has 0 aliphatic carbocycles. The Balaban J connectivity index is 2.36. The van der Waals surface area contributed by atoms with Gasteiger partial charge in [0.1, 0.15) is 5.82 Å². The lowest BCUT2D eigenvalue weighted by Crippen LogP contribution is -2.12. The fourth-order valence-corrected chi connectivity index (χ4v) is 3.26. The molecule has 0 aliphatic heterocycles. The average molecular weight is 419 g/mol. The van der Waals surface area contributed by atoms with Crippen LogP contribution < -0.4 is 0 Å². The number of halogens is 3. The van der Waals surface area contributed by atoms with Crippen LogP contribution >= 0.6 is 0 Å². The summed E-state index contributed by atoms with van der Waals surface area (Å²) in [4.78, 5) is 9.64. The Hall–Kier alpha value is -3.43. The molecule has 29 heavy (non-hydrogen) atoms. The van der Waals surface area contributed by atoms with E-state index < -0.39 is 27.7 Å². The number of aromatic nitrogens is 2. The molecule has 0 amide bonds. The van der Waals surface area contributed by atoms with E-state index in [1.807, 2.05) is 0 Å². The number of hydrogen-bond donors (Lipinski definition) is 0. The zero-order chi connectivity index (χ0) is 21.2. The zero-order valence-electron chi connectivity index (χ0n) is 14.8. The van der Waals surface area contributed by atoms with Gasteiger partial charge in [-0.05, 0) is 28.3 Å². The van der Waals surface area contributed by atoms with Crippen molar-refractivity contribution in [1.29, 1.82) is 0 Å². The van der Waals surface area contributed by atoms with Gasteiger partial charge < -0.3 is 0 Å². The highest BCUT2D eigenvalue weighted by Gasteiger charge is 2.36. The Labute approximate surface area is 163 Å². The lowest BCUT2D eigenvalue weighted by Gasteiger charge is -2.15. The summed E-state index contributed by atoms with van der Waals surface area (Å²) in [5.74, 6) is -1.95. The van der Waals surface area contributed by atoms with Crippen LogP contribution in [0.5, 0.6) is 0 Å². The Bertz CT molecular complexity index is 1200. The van der Waals surface area contributed by atoms with Crippen LogP contribution in [-0.4, -0.2) is 24.6 Å². The summed E-state index contributed by atoms with van der Waals surface area (Å²) in [5, 5.41) is 3.33. The van der Waals surface area contributed by atoms with Crippen LogP contribution in [-0.2, 0) is 16.0 Å². The predicted octanol–water partition coefficient (Wildman–Crippen LogP) is 5.17. The van der Waals surface area contributed by atoms with E-state index in [0.717, 1.165) is 6.26 Å². The van der Waals surface area contributed by atoms with E-state index in [4.69, 9.17) is 5.53 Å². The van der Waals surface area contributed by atoms with Gasteiger partial charge in [-0.15, -0.1) is 0 Å². The topological polar surface area (TPSA) is 109 Å². The Morgan fingerprint density at radius 1 is 0.966 bits per heavy atom. The smallest absolute Gasteiger partial charge is 0.224 e. The van der Waals surface area contributed by atoms with Gasteiger partial charge in [-0.2, -0.15) is 13.2 Å². The number of nitrogens with zero attached hydrogens (tertiary/aromatic N) is 5. The average Bonchev–Trinajstić information content (AvgIpc) is 2.67. The molecule has 0 bridgehead atoms. The van der Waals surface area contributed by atoms with Crippen LogP contribution in [0.25, 0.3) is 32.8 Å². The molecule has 1 heterocycles. The number of benzene rings is 2. The molecule has 3 rings (SSSR count). The monoisotopic (exact) mass is 419 g/mol. The molecule has 0 radical (unpaired) electrons. The lowest BCUT2D eigenvalue weighted by molar-refractivity contribution is -0.144. The number of azide groups is 1. The summed E-state index contributed by atoms with van der Waals surface area (Å²) in [6.45, 7) is 0. The van der Waals surface area contributed by atoms with Crippen LogP contribution in [0.1, 0.15) is 5.82 Å². The van der Waals surface area contributed by atoms with Crippen molar-refractivity contribution in [2.45, 2.75) is 11.1 Å². The normalized spacial score (nSPS) is 11.7. The van der Waals surface area contributed by atoms with Crippen LogP contribution in [0.3, 0.4) is 0 Å². The molecule has 0 fully saturated rings. The van der Waals surface area contributed by atoms with Crippen molar-refractivity contribution < 1.29 is 21.6 Å². The maximum atomic E-state index is 13.3. The minimum absolute atomic E-state index is 0.00267. The molecule has 3 aromatic rings. The minimum Gasteiger partial charge on any atom is -0.224 e. The first-order valence-corrected chi connectivity index (χ1v) is 9.90. The molecule has 1 aromatic heterocycles. The second kappa shape index (κ2) is 7.53. The number of sulfone groups is 1. The van der Waals surface area contributed by atoms with Crippen molar-refractivity contribution in [3.05, 3.63) is 70.9 Å². The van der Waals surface area contributed by atoms with Crippen LogP contribution in [0, 0.1) is 0 Å². The molecule has 0 atom stereocenters. The SMILES string of the molecule is CS(=O)(=O)c1ccc(-c2nc(C(F)(F)F)nc(N=[N+]=[N-])c2-c2ccccc2)cc1. The van der Waals surface area contributed by atoms with Crippen molar-refractivity contribution in [1.82, 2.24) is 9.97 Å². The molecular weight excluding hydrogens is 407 g/mol. The number of alkyl halides is 3. The summed E-state index contributed by atoms with van der Waals surface area (Å²) in [6.07, 6.45) is -3.86. The van der Waals surface area contributed by atoms with E-state index in [1.165, 1.54) is 24.3 Å². The van der Waals surface area contributed by atoms with Gasteiger partial charge in [-0.3, -0.25) is 0 Å². The summed E-state index contributed by atoms with van der Waals surface area (Å²) < 4.78 is 63.3. The van der Waals surface area contributed by atoms with Gasteiger partial charge >= 0.3 is 6.18 Å². The van der Waals surface area contributed by atoms with Gasteiger partial charge in [0.2, 0.25) is 5.82 Å². The van der Waals surface area contributed by atoms with Crippen molar-refractivity contribution in [2.75, 3.05) is 6.26 Å². The fourth-order valence-electron chi connectivity index (χ4n) is 2.63. The Kier molecular flexibility index (Phi) is 5.27. The molecule has 0 saturated heterocycles. The van der Waals surface area contributed by atoms with Crippen molar-refractivity contribution in [2.24, 2.45) is 5.11 Å². The van der Waals surface area contributed by atoms with Crippen LogP contribution in [0.15, 0.2) is 64.6 Å². The van der Waals surface area contributed by atoms with Gasteiger partial charge in [0.05, 0.1) is 10.6 Å².